The molecule has 0 radical (unpaired) electrons. The molecule has 36 heavy (non-hydrogen) atoms. The van der Waals surface area contributed by atoms with Crippen LogP contribution in [0.1, 0.15) is 28.1 Å². The minimum atomic E-state index is -0.270. The molecular formula is C23H27BrN8O3S. The Bertz CT molecular complexity index is 1360. The van der Waals surface area contributed by atoms with Gasteiger partial charge in [0, 0.05) is 48.9 Å². The second kappa shape index (κ2) is 11.6. The second-order valence-electron chi connectivity index (χ2n) is 8.22. The van der Waals surface area contributed by atoms with Gasteiger partial charge in [-0.15, -0.1) is 0 Å². The molecule has 13 heteroatoms. The summed E-state index contributed by atoms with van der Waals surface area (Å²) in [5.74, 6) is 0.415. The highest BCUT2D eigenvalue weighted by atomic mass is 79.9. The Hall–Kier alpha value is -3.29. The van der Waals surface area contributed by atoms with Gasteiger partial charge >= 0.3 is 0 Å². The number of fused-ring (bicyclic) bond motifs is 1. The van der Waals surface area contributed by atoms with Gasteiger partial charge in [-0.05, 0) is 47.8 Å². The van der Waals surface area contributed by atoms with Gasteiger partial charge < -0.3 is 20.3 Å². The van der Waals surface area contributed by atoms with Crippen LogP contribution < -0.4 is 10.6 Å². The number of carbonyl (C=O) groups excluding carboxylic acids is 2. The van der Waals surface area contributed by atoms with E-state index in [1.807, 2.05) is 30.2 Å². The lowest BCUT2D eigenvalue weighted by atomic mass is 10.2. The SMILES string of the molecule is COC.Cc1cn(CC(=O)N2CCCC2)nc1Nc1ncc(C(=O)Nc2c(Br)ccc3[nH]ncc23)s1. The van der Waals surface area contributed by atoms with Crippen molar-refractivity contribution < 1.29 is 14.3 Å². The van der Waals surface area contributed by atoms with E-state index >= 15 is 0 Å². The van der Waals surface area contributed by atoms with Crippen molar-refractivity contribution in [1.82, 2.24) is 29.9 Å². The molecule has 1 fully saturated rings. The van der Waals surface area contributed by atoms with E-state index in [-0.39, 0.29) is 18.4 Å². The number of anilines is 3. The summed E-state index contributed by atoms with van der Waals surface area (Å²) < 4.78 is 6.65. The average Bonchev–Trinajstić information content (AvgIpc) is 3.64. The van der Waals surface area contributed by atoms with Crippen LogP contribution in [0, 0.1) is 6.92 Å². The van der Waals surface area contributed by atoms with Crippen LogP contribution in [0.4, 0.5) is 16.6 Å². The molecule has 1 aliphatic rings. The molecule has 11 nitrogen and oxygen atoms in total. The molecule has 0 bridgehead atoms. The average molecular weight is 575 g/mol. The third-order valence-corrected chi connectivity index (χ3v) is 7.04. The smallest absolute Gasteiger partial charge is 0.267 e. The molecule has 0 unspecified atom stereocenters. The summed E-state index contributed by atoms with van der Waals surface area (Å²) in [5.41, 5.74) is 2.36. The van der Waals surface area contributed by atoms with Crippen LogP contribution in [-0.4, -0.2) is 69.0 Å². The molecule has 1 aromatic carbocycles. The number of H-pyrrole nitrogens is 1. The molecule has 0 saturated carbocycles. The van der Waals surface area contributed by atoms with E-state index < -0.39 is 0 Å². The van der Waals surface area contributed by atoms with Crippen molar-refractivity contribution in [2.45, 2.75) is 26.3 Å². The molecule has 5 rings (SSSR count). The van der Waals surface area contributed by atoms with Crippen LogP contribution in [0.15, 0.2) is 35.2 Å². The third kappa shape index (κ3) is 5.91. The van der Waals surface area contributed by atoms with Gasteiger partial charge in [-0.3, -0.25) is 19.4 Å². The molecule has 0 spiro atoms. The quantitative estimate of drug-likeness (QED) is 0.315. The van der Waals surface area contributed by atoms with Crippen molar-refractivity contribution in [3.8, 4) is 0 Å². The summed E-state index contributed by atoms with van der Waals surface area (Å²) in [6, 6.07) is 3.74. The molecule has 4 heterocycles. The fraction of sp³-hybridized carbons (Fsp3) is 0.348. The first-order chi connectivity index (χ1) is 17.4. The summed E-state index contributed by atoms with van der Waals surface area (Å²) in [5, 5.41) is 18.9. The number of methoxy groups -OCH3 is 1. The first-order valence-corrected chi connectivity index (χ1v) is 12.9. The van der Waals surface area contributed by atoms with Crippen molar-refractivity contribution >= 4 is 66.6 Å². The van der Waals surface area contributed by atoms with Crippen molar-refractivity contribution in [2.75, 3.05) is 37.9 Å². The van der Waals surface area contributed by atoms with E-state index in [1.165, 1.54) is 17.5 Å². The number of carbonyl (C=O) groups is 2. The van der Waals surface area contributed by atoms with Gasteiger partial charge in [0.05, 0.1) is 23.6 Å². The Morgan fingerprint density at radius 3 is 2.72 bits per heavy atom. The third-order valence-electron chi connectivity index (χ3n) is 5.47. The van der Waals surface area contributed by atoms with Crippen molar-refractivity contribution in [3.63, 3.8) is 0 Å². The van der Waals surface area contributed by atoms with Crippen molar-refractivity contribution in [3.05, 3.63) is 45.6 Å². The highest BCUT2D eigenvalue weighted by Crippen LogP contribution is 2.32. The molecule has 2 amide bonds. The summed E-state index contributed by atoms with van der Waals surface area (Å²) in [6.07, 6.45) is 7.15. The Morgan fingerprint density at radius 1 is 1.22 bits per heavy atom. The van der Waals surface area contributed by atoms with Crippen LogP contribution in [0.25, 0.3) is 10.9 Å². The van der Waals surface area contributed by atoms with Crippen LogP contribution in [0.3, 0.4) is 0 Å². The minimum Gasteiger partial charge on any atom is -0.388 e. The molecule has 0 aliphatic carbocycles. The maximum atomic E-state index is 12.8. The highest BCUT2D eigenvalue weighted by molar-refractivity contribution is 9.10. The van der Waals surface area contributed by atoms with Crippen molar-refractivity contribution in [1.29, 1.82) is 0 Å². The van der Waals surface area contributed by atoms with Gasteiger partial charge in [-0.25, -0.2) is 4.98 Å². The summed E-state index contributed by atoms with van der Waals surface area (Å²) >= 11 is 4.71. The van der Waals surface area contributed by atoms with Crippen molar-refractivity contribution in [2.24, 2.45) is 0 Å². The number of aromatic nitrogens is 5. The van der Waals surface area contributed by atoms with E-state index in [9.17, 15) is 9.59 Å². The highest BCUT2D eigenvalue weighted by Gasteiger charge is 2.20. The number of likely N-dealkylation sites (tertiary alicyclic amines) is 1. The summed E-state index contributed by atoms with van der Waals surface area (Å²) in [6.45, 7) is 3.76. The maximum absolute atomic E-state index is 12.8. The Morgan fingerprint density at radius 2 is 1.97 bits per heavy atom. The van der Waals surface area contributed by atoms with Gasteiger partial charge in [-0.2, -0.15) is 10.2 Å². The minimum absolute atomic E-state index is 0.0774. The largest absolute Gasteiger partial charge is 0.388 e. The molecule has 4 aromatic rings. The predicted octanol–water partition coefficient (Wildman–Crippen LogP) is 4.17. The summed E-state index contributed by atoms with van der Waals surface area (Å²) in [4.78, 5) is 31.9. The predicted molar refractivity (Wildman–Crippen MR) is 143 cm³/mol. The maximum Gasteiger partial charge on any atom is 0.267 e. The van der Waals surface area contributed by atoms with Gasteiger partial charge in [-0.1, -0.05) is 11.3 Å². The standard InChI is InChI=1S/C21H21BrN8O2S.C2H6O/c1-12-10-30(11-17(31)29-6-2-3-7-29)28-19(12)26-21-23-9-16(33-21)20(32)25-18-13-8-24-27-15(13)5-4-14(18)22;1-3-2/h4-5,8-10H,2-3,6-7,11H2,1H3,(H,24,27)(H,25,32)(H,23,26,28);1-2H3. The van der Waals surface area contributed by atoms with E-state index in [1.54, 1.807) is 25.1 Å². The first kappa shape index (κ1) is 25.8. The van der Waals surface area contributed by atoms with Crippen LogP contribution in [0.5, 0.6) is 0 Å². The van der Waals surface area contributed by atoms with Gasteiger partial charge in [0.25, 0.3) is 5.91 Å². The number of aryl methyl sites for hydroxylation is 1. The fourth-order valence-electron chi connectivity index (χ4n) is 3.76. The molecule has 1 saturated heterocycles. The molecule has 1 aliphatic heterocycles. The van der Waals surface area contributed by atoms with Crippen LogP contribution in [-0.2, 0) is 16.1 Å². The zero-order valence-electron chi connectivity index (χ0n) is 20.2. The number of aromatic amines is 1. The Labute approximate surface area is 220 Å². The molecular weight excluding hydrogens is 548 g/mol. The first-order valence-electron chi connectivity index (χ1n) is 11.3. The zero-order valence-corrected chi connectivity index (χ0v) is 22.6. The lowest BCUT2D eigenvalue weighted by Crippen LogP contribution is -2.31. The lowest BCUT2D eigenvalue weighted by Gasteiger charge is -2.14. The van der Waals surface area contributed by atoms with Gasteiger partial charge in [0.15, 0.2) is 10.9 Å². The molecule has 3 aromatic heterocycles. The van der Waals surface area contributed by atoms with E-state index in [4.69, 9.17) is 0 Å². The molecule has 0 atom stereocenters. The van der Waals surface area contributed by atoms with Crippen LogP contribution >= 0.6 is 27.3 Å². The topological polar surface area (TPSA) is 130 Å². The Kier molecular flexibility index (Phi) is 8.33. The number of nitrogens with zero attached hydrogens (tertiary/aromatic N) is 5. The number of thiazole rings is 1. The number of amides is 2. The Balaban J connectivity index is 0.000000967. The number of ether oxygens (including phenoxy) is 1. The molecule has 190 valence electrons. The van der Waals surface area contributed by atoms with E-state index in [2.05, 4.69) is 51.6 Å². The van der Waals surface area contributed by atoms with E-state index in [0.717, 1.165) is 46.9 Å². The molecule has 3 N–H and O–H groups in total. The second-order valence-corrected chi connectivity index (χ2v) is 10.1. The number of halogens is 1. The number of benzene rings is 1. The monoisotopic (exact) mass is 574 g/mol. The number of rotatable bonds is 6. The zero-order chi connectivity index (χ0) is 25.7. The number of hydrogen-bond acceptors (Lipinski definition) is 8. The van der Waals surface area contributed by atoms with Crippen LogP contribution in [0.2, 0.25) is 0 Å². The van der Waals surface area contributed by atoms with Gasteiger partial charge in [0.1, 0.15) is 11.4 Å². The van der Waals surface area contributed by atoms with E-state index in [0.29, 0.717) is 21.5 Å². The fourth-order valence-corrected chi connectivity index (χ4v) is 4.92. The van der Waals surface area contributed by atoms with Gasteiger partial charge in [0.2, 0.25) is 5.91 Å². The lowest BCUT2D eigenvalue weighted by molar-refractivity contribution is -0.130. The number of nitrogens with one attached hydrogen (secondary N) is 3. The normalized spacial score (nSPS) is 12.9. The summed E-state index contributed by atoms with van der Waals surface area (Å²) in [7, 11) is 3.25. The number of hydrogen-bond donors (Lipinski definition) is 3.